The number of allylic oxidation sites excluding steroid dienone is 1. The molecule has 1 nitrogen and oxygen atoms in total. The summed E-state index contributed by atoms with van der Waals surface area (Å²) in [4.78, 5) is 0. The van der Waals surface area contributed by atoms with Crippen molar-refractivity contribution in [3.05, 3.63) is 11.6 Å². The van der Waals surface area contributed by atoms with E-state index in [2.05, 4.69) is 40.7 Å². The molecule has 3 saturated carbocycles. The number of aliphatic hydroxyl groups is 1. The van der Waals surface area contributed by atoms with E-state index < -0.39 is 0 Å². The highest BCUT2D eigenvalue weighted by molar-refractivity contribution is 5.25. The fraction of sp³-hybridized carbons (Fsp3) is 0.926. The van der Waals surface area contributed by atoms with E-state index in [-0.39, 0.29) is 6.10 Å². The predicted molar refractivity (Wildman–Crippen MR) is 119 cm³/mol. The molecule has 4 rings (SSSR count). The van der Waals surface area contributed by atoms with Crippen molar-refractivity contribution in [3.63, 3.8) is 0 Å². The summed E-state index contributed by atoms with van der Waals surface area (Å²) in [5, 5.41) is 10.2. The van der Waals surface area contributed by atoms with Crippen molar-refractivity contribution in [2.45, 2.75) is 111 Å². The fourth-order valence-electron chi connectivity index (χ4n) is 8.67. The maximum Gasteiger partial charge on any atom is 0.0577 e. The fourth-order valence-corrected chi connectivity index (χ4v) is 8.67. The van der Waals surface area contributed by atoms with Crippen LogP contribution in [0.25, 0.3) is 0 Å². The van der Waals surface area contributed by atoms with Crippen LogP contribution in [-0.4, -0.2) is 11.2 Å². The molecule has 0 heterocycles. The SMILES string of the molecule is CC(C)CCC[C@@H](C)[C@H]1CC[C@H]2[C@@H]3CC=C4C[C@@H](O)CC[C@@]4(C)[C@H]3CC[C@]12C. The summed E-state index contributed by atoms with van der Waals surface area (Å²) in [5.41, 5.74) is 2.60. The average Bonchev–Trinajstić information content (AvgIpc) is 2.99. The molecule has 0 aromatic heterocycles. The number of rotatable bonds is 5. The second kappa shape index (κ2) is 7.75. The first-order valence-electron chi connectivity index (χ1n) is 12.6. The van der Waals surface area contributed by atoms with Gasteiger partial charge in [-0.25, -0.2) is 0 Å². The average molecular weight is 387 g/mol. The molecule has 28 heavy (non-hydrogen) atoms. The van der Waals surface area contributed by atoms with Crippen molar-refractivity contribution in [3.8, 4) is 0 Å². The lowest BCUT2D eigenvalue weighted by Crippen LogP contribution is -2.50. The lowest BCUT2D eigenvalue weighted by molar-refractivity contribution is -0.0573. The van der Waals surface area contributed by atoms with E-state index in [0.29, 0.717) is 10.8 Å². The molecular weight excluding hydrogens is 340 g/mol. The third-order valence-electron chi connectivity index (χ3n) is 10.3. The van der Waals surface area contributed by atoms with Gasteiger partial charge in [0.15, 0.2) is 0 Å². The van der Waals surface area contributed by atoms with Gasteiger partial charge in [0.1, 0.15) is 0 Å². The molecule has 0 saturated heterocycles. The largest absolute Gasteiger partial charge is 0.393 e. The Morgan fingerprint density at radius 3 is 2.54 bits per heavy atom. The van der Waals surface area contributed by atoms with Gasteiger partial charge in [-0.05, 0) is 97.7 Å². The molecule has 4 aliphatic carbocycles. The summed E-state index contributed by atoms with van der Waals surface area (Å²) in [7, 11) is 0. The summed E-state index contributed by atoms with van der Waals surface area (Å²) in [6.07, 6.45) is 17.2. The summed E-state index contributed by atoms with van der Waals surface area (Å²) in [6.45, 7) is 12.6. The minimum absolute atomic E-state index is 0.0766. The lowest BCUT2D eigenvalue weighted by atomic mass is 9.47. The highest BCUT2D eigenvalue weighted by atomic mass is 16.3. The monoisotopic (exact) mass is 386 g/mol. The molecule has 0 bridgehead atoms. The van der Waals surface area contributed by atoms with Crippen molar-refractivity contribution in [2.75, 3.05) is 0 Å². The second-order valence-corrected chi connectivity index (χ2v) is 12.2. The van der Waals surface area contributed by atoms with Crippen molar-refractivity contribution in [2.24, 2.45) is 46.3 Å². The van der Waals surface area contributed by atoms with Crippen LogP contribution in [-0.2, 0) is 0 Å². The van der Waals surface area contributed by atoms with E-state index in [1.54, 1.807) is 5.57 Å². The van der Waals surface area contributed by atoms with Crippen LogP contribution >= 0.6 is 0 Å². The Morgan fingerprint density at radius 2 is 1.79 bits per heavy atom. The lowest BCUT2D eigenvalue weighted by Gasteiger charge is -2.58. The number of hydrogen-bond acceptors (Lipinski definition) is 1. The van der Waals surface area contributed by atoms with Crippen molar-refractivity contribution in [1.29, 1.82) is 0 Å². The van der Waals surface area contributed by atoms with Gasteiger partial charge >= 0.3 is 0 Å². The molecule has 0 unspecified atom stereocenters. The van der Waals surface area contributed by atoms with E-state index in [0.717, 1.165) is 48.3 Å². The van der Waals surface area contributed by atoms with Crippen molar-refractivity contribution >= 4 is 0 Å². The third kappa shape index (κ3) is 3.42. The Balaban J connectivity index is 1.49. The smallest absolute Gasteiger partial charge is 0.0577 e. The normalized spacial score (nSPS) is 46.5. The van der Waals surface area contributed by atoms with E-state index in [1.807, 2.05) is 0 Å². The maximum atomic E-state index is 10.2. The molecule has 0 aliphatic heterocycles. The topological polar surface area (TPSA) is 20.2 Å². The van der Waals surface area contributed by atoms with Gasteiger partial charge in [0.2, 0.25) is 0 Å². The highest BCUT2D eigenvalue weighted by Gasteiger charge is 2.59. The molecular formula is C27H46O. The second-order valence-electron chi connectivity index (χ2n) is 12.2. The Hall–Kier alpha value is -0.300. The van der Waals surface area contributed by atoms with E-state index >= 15 is 0 Å². The molecule has 1 N–H and O–H groups in total. The Bertz CT molecular complexity index is 591. The van der Waals surface area contributed by atoms with Crippen LogP contribution in [0.15, 0.2) is 11.6 Å². The van der Waals surface area contributed by atoms with Gasteiger partial charge in [-0.15, -0.1) is 0 Å². The Labute approximate surface area is 174 Å². The van der Waals surface area contributed by atoms with Crippen LogP contribution in [0.4, 0.5) is 0 Å². The van der Waals surface area contributed by atoms with Crippen LogP contribution in [0, 0.1) is 46.3 Å². The molecule has 0 amide bonds. The minimum Gasteiger partial charge on any atom is -0.393 e. The third-order valence-corrected chi connectivity index (χ3v) is 10.3. The molecule has 4 aliphatic rings. The molecule has 160 valence electrons. The van der Waals surface area contributed by atoms with Crippen molar-refractivity contribution < 1.29 is 5.11 Å². The van der Waals surface area contributed by atoms with Crippen LogP contribution in [0.3, 0.4) is 0 Å². The van der Waals surface area contributed by atoms with Crippen molar-refractivity contribution in [1.82, 2.24) is 0 Å². The zero-order valence-corrected chi connectivity index (χ0v) is 19.3. The predicted octanol–water partition coefficient (Wildman–Crippen LogP) is 7.39. The van der Waals surface area contributed by atoms with E-state index in [9.17, 15) is 5.11 Å². The van der Waals surface area contributed by atoms with Crippen LogP contribution in [0.5, 0.6) is 0 Å². The quantitative estimate of drug-likeness (QED) is 0.488. The van der Waals surface area contributed by atoms with Gasteiger partial charge in [-0.2, -0.15) is 0 Å². The first-order chi connectivity index (χ1) is 13.3. The molecule has 0 spiro atoms. The van der Waals surface area contributed by atoms with Crippen LogP contribution in [0.2, 0.25) is 0 Å². The summed E-state index contributed by atoms with van der Waals surface area (Å²) >= 11 is 0. The van der Waals surface area contributed by atoms with E-state index in [4.69, 9.17) is 0 Å². The van der Waals surface area contributed by atoms with Gasteiger partial charge in [0, 0.05) is 0 Å². The first kappa shape index (κ1) is 21.0. The molecule has 0 aromatic carbocycles. The van der Waals surface area contributed by atoms with Crippen LogP contribution < -0.4 is 0 Å². The molecule has 8 atom stereocenters. The Morgan fingerprint density at radius 1 is 1.00 bits per heavy atom. The van der Waals surface area contributed by atoms with E-state index in [1.165, 1.54) is 57.8 Å². The van der Waals surface area contributed by atoms with Gasteiger partial charge in [-0.1, -0.05) is 65.5 Å². The van der Waals surface area contributed by atoms with Gasteiger partial charge < -0.3 is 5.11 Å². The van der Waals surface area contributed by atoms with Gasteiger partial charge in [0.25, 0.3) is 0 Å². The summed E-state index contributed by atoms with van der Waals surface area (Å²) in [6, 6.07) is 0. The van der Waals surface area contributed by atoms with Gasteiger partial charge in [-0.3, -0.25) is 0 Å². The maximum absolute atomic E-state index is 10.2. The molecule has 0 aromatic rings. The highest BCUT2D eigenvalue weighted by Crippen LogP contribution is 2.67. The molecule has 0 radical (unpaired) electrons. The summed E-state index contributed by atoms with van der Waals surface area (Å²) < 4.78 is 0. The zero-order valence-electron chi connectivity index (χ0n) is 19.3. The standard InChI is InChI=1S/C27H46O/c1-18(2)7-6-8-19(3)23-11-12-24-22-10-9-20-17-21(28)13-15-26(20,4)25(22)14-16-27(23,24)5/h9,18-19,21-25,28H,6-8,10-17H2,1-5H3/t19-,21+,22+,23-,24+,25+,26-,27-/m1/s1. The van der Waals surface area contributed by atoms with Gasteiger partial charge in [0.05, 0.1) is 6.10 Å². The van der Waals surface area contributed by atoms with Crippen LogP contribution in [0.1, 0.15) is 105 Å². The number of fused-ring (bicyclic) bond motifs is 5. The molecule has 1 heteroatoms. The first-order valence-corrected chi connectivity index (χ1v) is 12.6. The number of hydrogen-bond donors (Lipinski definition) is 1. The number of aliphatic hydroxyl groups excluding tert-OH is 1. The molecule has 3 fully saturated rings. The summed E-state index contributed by atoms with van der Waals surface area (Å²) in [5.74, 6) is 5.46. The Kier molecular flexibility index (Phi) is 5.80. The minimum atomic E-state index is -0.0766. The zero-order chi connectivity index (χ0) is 20.1.